The van der Waals surface area contributed by atoms with Crippen molar-refractivity contribution < 1.29 is 4.79 Å². The Bertz CT molecular complexity index is 338. The van der Waals surface area contributed by atoms with Gasteiger partial charge in [0.1, 0.15) is 0 Å². The predicted octanol–water partition coefficient (Wildman–Crippen LogP) is 1.67. The summed E-state index contributed by atoms with van der Waals surface area (Å²) >= 11 is 1.46. The van der Waals surface area contributed by atoms with E-state index in [1.54, 1.807) is 6.20 Å². The van der Waals surface area contributed by atoms with Crippen molar-refractivity contribution in [3.05, 3.63) is 11.1 Å². The first-order valence-corrected chi connectivity index (χ1v) is 4.80. The topological polar surface area (TPSA) is 42.0 Å². The number of nitrogens with one attached hydrogen (secondary N) is 1. The summed E-state index contributed by atoms with van der Waals surface area (Å²) in [6, 6.07) is 0. The van der Waals surface area contributed by atoms with Crippen molar-refractivity contribution in [3.8, 4) is 12.3 Å². The van der Waals surface area contributed by atoms with E-state index in [-0.39, 0.29) is 0 Å². The highest BCUT2D eigenvalue weighted by Crippen LogP contribution is 2.18. The molecule has 0 saturated heterocycles. The number of carbonyl (C=O) groups excluding carboxylic acids is 1. The third-order valence-electron chi connectivity index (χ3n) is 1.40. The third-order valence-corrected chi connectivity index (χ3v) is 2.37. The van der Waals surface area contributed by atoms with E-state index in [0.29, 0.717) is 5.13 Å². The molecule has 0 aliphatic heterocycles. The van der Waals surface area contributed by atoms with Crippen LogP contribution in [0.2, 0.25) is 0 Å². The summed E-state index contributed by atoms with van der Waals surface area (Å²) in [5, 5.41) is 3.08. The molecule has 1 amide bonds. The van der Waals surface area contributed by atoms with Crippen LogP contribution < -0.4 is 5.32 Å². The molecule has 0 spiro atoms. The molecule has 0 radical (unpaired) electrons. The molecule has 1 rings (SSSR count). The molecule has 0 aliphatic rings. The predicted molar refractivity (Wildman–Crippen MR) is 53.6 cm³/mol. The molecule has 13 heavy (non-hydrogen) atoms. The van der Waals surface area contributed by atoms with Crippen LogP contribution in [0.3, 0.4) is 0 Å². The Balaban J connectivity index is 2.59. The average molecular weight is 194 g/mol. The van der Waals surface area contributed by atoms with Gasteiger partial charge < -0.3 is 0 Å². The minimum atomic E-state index is -0.447. The lowest BCUT2D eigenvalue weighted by Crippen LogP contribution is -2.07. The second-order valence-electron chi connectivity index (χ2n) is 2.48. The summed E-state index contributed by atoms with van der Waals surface area (Å²) in [5.41, 5.74) is 0. The summed E-state index contributed by atoms with van der Waals surface area (Å²) in [7, 11) is 0. The molecule has 0 fully saturated rings. The Kier molecular flexibility index (Phi) is 3.47. The summed E-state index contributed by atoms with van der Waals surface area (Å²) in [5.74, 6) is 1.52. The second-order valence-corrected chi connectivity index (χ2v) is 3.60. The van der Waals surface area contributed by atoms with Gasteiger partial charge in [0, 0.05) is 11.1 Å². The minimum absolute atomic E-state index is 0.447. The Morgan fingerprint density at radius 2 is 2.62 bits per heavy atom. The molecular weight excluding hydrogens is 184 g/mol. The molecule has 0 bridgehead atoms. The van der Waals surface area contributed by atoms with Crippen LogP contribution in [-0.2, 0) is 11.2 Å². The lowest BCUT2D eigenvalue weighted by Gasteiger charge is -1.91. The normalized spacial score (nSPS) is 9.23. The number of carbonyl (C=O) groups is 1. The fraction of sp³-hybridized carbons (Fsp3) is 0.333. The molecule has 1 aromatic rings. The van der Waals surface area contributed by atoms with Crippen molar-refractivity contribution in [1.82, 2.24) is 4.98 Å². The van der Waals surface area contributed by atoms with E-state index >= 15 is 0 Å². The Hall–Kier alpha value is -1.34. The van der Waals surface area contributed by atoms with Crippen molar-refractivity contribution in [2.75, 3.05) is 5.32 Å². The largest absolute Gasteiger partial charge is 0.301 e. The fourth-order valence-corrected chi connectivity index (χ4v) is 1.77. The van der Waals surface area contributed by atoms with E-state index in [4.69, 9.17) is 6.42 Å². The zero-order valence-electron chi connectivity index (χ0n) is 7.33. The number of terminal acetylenes is 1. The SMILES string of the molecule is C#CC(=O)Nc1ncc(CCC)s1. The number of hydrogen-bond donors (Lipinski definition) is 1. The molecule has 0 atom stereocenters. The van der Waals surface area contributed by atoms with Crippen molar-refractivity contribution in [2.24, 2.45) is 0 Å². The van der Waals surface area contributed by atoms with E-state index in [1.165, 1.54) is 11.3 Å². The van der Waals surface area contributed by atoms with E-state index in [1.807, 2.05) is 5.92 Å². The van der Waals surface area contributed by atoms with Crippen LogP contribution in [0.1, 0.15) is 18.2 Å². The molecule has 1 aromatic heterocycles. The van der Waals surface area contributed by atoms with Crippen molar-refractivity contribution in [3.63, 3.8) is 0 Å². The van der Waals surface area contributed by atoms with Crippen LogP contribution in [-0.4, -0.2) is 10.9 Å². The number of thiazole rings is 1. The van der Waals surface area contributed by atoms with Gasteiger partial charge in [-0.1, -0.05) is 13.3 Å². The first kappa shape index (κ1) is 9.75. The molecule has 4 heteroatoms. The van der Waals surface area contributed by atoms with E-state index in [2.05, 4.69) is 17.2 Å². The summed E-state index contributed by atoms with van der Waals surface area (Å²) in [6.45, 7) is 2.10. The molecule has 68 valence electrons. The second kappa shape index (κ2) is 4.63. The van der Waals surface area contributed by atoms with Gasteiger partial charge in [0.25, 0.3) is 0 Å². The maximum atomic E-state index is 10.8. The van der Waals surface area contributed by atoms with Crippen LogP contribution in [0.15, 0.2) is 6.20 Å². The van der Waals surface area contributed by atoms with Gasteiger partial charge in [-0.2, -0.15) is 0 Å². The standard InChI is InChI=1S/C9H10N2OS/c1-3-5-7-6-10-9(13-7)11-8(12)4-2/h2,6H,3,5H2,1H3,(H,10,11,12). The highest BCUT2D eigenvalue weighted by atomic mass is 32.1. The van der Waals surface area contributed by atoms with Crippen LogP contribution in [0.25, 0.3) is 0 Å². The van der Waals surface area contributed by atoms with Gasteiger partial charge in [-0.15, -0.1) is 17.8 Å². The molecule has 0 saturated carbocycles. The summed E-state index contributed by atoms with van der Waals surface area (Å²) in [4.78, 5) is 15.9. The minimum Gasteiger partial charge on any atom is -0.291 e. The zero-order chi connectivity index (χ0) is 9.68. The quantitative estimate of drug-likeness (QED) is 0.744. The van der Waals surface area contributed by atoms with Gasteiger partial charge in [0.05, 0.1) is 0 Å². The molecule has 1 N–H and O–H groups in total. The molecule has 0 unspecified atom stereocenters. The molecule has 0 aliphatic carbocycles. The van der Waals surface area contributed by atoms with Crippen LogP contribution in [0, 0.1) is 12.3 Å². The Labute approximate surface area is 81.2 Å². The lowest BCUT2D eigenvalue weighted by molar-refractivity contribution is -0.111. The number of hydrogen-bond acceptors (Lipinski definition) is 3. The van der Waals surface area contributed by atoms with E-state index in [9.17, 15) is 4.79 Å². The zero-order valence-corrected chi connectivity index (χ0v) is 8.15. The number of nitrogens with zero attached hydrogens (tertiary/aromatic N) is 1. The van der Waals surface area contributed by atoms with Gasteiger partial charge in [-0.05, 0) is 12.3 Å². The van der Waals surface area contributed by atoms with Crippen LogP contribution in [0.4, 0.5) is 5.13 Å². The maximum Gasteiger partial charge on any atom is 0.301 e. The molecule has 3 nitrogen and oxygen atoms in total. The molecule has 0 aromatic carbocycles. The Morgan fingerprint density at radius 3 is 3.23 bits per heavy atom. The highest BCUT2D eigenvalue weighted by Gasteiger charge is 2.02. The first-order chi connectivity index (χ1) is 6.26. The Morgan fingerprint density at radius 1 is 1.85 bits per heavy atom. The van der Waals surface area contributed by atoms with E-state index < -0.39 is 5.91 Å². The van der Waals surface area contributed by atoms with Crippen LogP contribution in [0.5, 0.6) is 0 Å². The van der Waals surface area contributed by atoms with Crippen molar-refractivity contribution in [1.29, 1.82) is 0 Å². The number of amides is 1. The molecular formula is C9H10N2OS. The van der Waals surface area contributed by atoms with E-state index in [0.717, 1.165) is 17.7 Å². The van der Waals surface area contributed by atoms with Gasteiger partial charge in [-0.3, -0.25) is 10.1 Å². The third kappa shape index (κ3) is 2.88. The van der Waals surface area contributed by atoms with Gasteiger partial charge in [0.15, 0.2) is 5.13 Å². The monoisotopic (exact) mass is 194 g/mol. The number of rotatable bonds is 3. The molecule has 1 heterocycles. The number of anilines is 1. The smallest absolute Gasteiger partial charge is 0.291 e. The number of aromatic nitrogens is 1. The van der Waals surface area contributed by atoms with Gasteiger partial charge in [-0.25, -0.2) is 4.98 Å². The van der Waals surface area contributed by atoms with Gasteiger partial charge >= 0.3 is 5.91 Å². The van der Waals surface area contributed by atoms with Crippen molar-refractivity contribution >= 4 is 22.4 Å². The van der Waals surface area contributed by atoms with Crippen molar-refractivity contribution in [2.45, 2.75) is 19.8 Å². The average Bonchev–Trinajstić information content (AvgIpc) is 2.53. The maximum absolute atomic E-state index is 10.8. The fourth-order valence-electron chi connectivity index (χ4n) is 0.860. The highest BCUT2D eigenvalue weighted by molar-refractivity contribution is 7.15. The summed E-state index contributed by atoms with van der Waals surface area (Å²) < 4.78 is 0. The summed E-state index contributed by atoms with van der Waals surface area (Å²) in [6.07, 6.45) is 8.73. The van der Waals surface area contributed by atoms with Crippen LogP contribution >= 0.6 is 11.3 Å². The number of aryl methyl sites for hydroxylation is 1. The first-order valence-electron chi connectivity index (χ1n) is 3.98. The van der Waals surface area contributed by atoms with Gasteiger partial charge in [0.2, 0.25) is 0 Å². The lowest BCUT2D eigenvalue weighted by atomic mass is 10.3.